The van der Waals surface area contributed by atoms with Gasteiger partial charge in [-0.1, -0.05) is 6.07 Å². The molecule has 20 heavy (non-hydrogen) atoms. The van der Waals surface area contributed by atoms with Crippen LogP contribution in [-0.4, -0.2) is 47.8 Å². The number of phenolic OH excluding ortho intramolecular Hbond substituents is 1. The summed E-state index contributed by atoms with van der Waals surface area (Å²) in [5.41, 5.74) is -0.129. The van der Waals surface area contributed by atoms with E-state index < -0.39 is 0 Å². The number of carbonyl (C=O) groups is 1. The van der Waals surface area contributed by atoms with Gasteiger partial charge in [0.15, 0.2) is 11.5 Å². The molecule has 5 nitrogen and oxygen atoms in total. The van der Waals surface area contributed by atoms with E-state index >= 15 is 0 Å². The van der Waals surface area contributed by atoms with Crippen molar-refractivity contribution in [2.75, 3.05) is 20.2 Å². The van der Waals surface area contributed by atoms with Gasteiger partial charge in [0.25, 0.3) is 5.91 Å². The zero-order chi connectivity index (χ0) is 14.9. The van der Waals surface area contributed by atoms with Crippen molar-refractivity contribution in [3.05, 3.63) is 23.8 Å². The zero-order valence-electron chi connectivity index (χ0n) is 12.3. The lowest BCUT2D eigenvalue weighted by Crippen LogP contribution is -2.53. The van der Waals surface area contributed by atoms with Crippen LogP contribution in [0.15, 0.2) is 18.2 Å². The second-order valence-corrected chi connectivity index (χ2v) is 5.73. The number of hydrogen-bond acceptors (Lipinski definition) is 4. The lowest BCUT2D eigenvalue weighted by molar-refractivity contribution is -0.118. The first-order valence-electron chi connectivity index (χ1n) is 6.67. The van der Waals surface area contributed by atoms with Crippen LogP contribution in [0.2, 0.25) is 0 Å². The molecule has 0 spiro atoms. The fourth-order valence-electron chi connectivity index (χ4n) is 2.64. The minimum absolute atomic E-state index is 0.0320. The highest BCUT2D eigenvalue weighted by Gasteiger charge is 2.34. The molecular weight excluding hydrogens is 258 g/mol. The van der Waals surface area contributed by atoms with E-state index in [1.165, 1.54) is 7.11 Å². The fraction of sp³-hybridized carbons (Fsp3) is 0.533. The molecule has 1 amide bonds. The van der Waals surface area contributed by atoms with Crippen LogP contribution in [0.3, 0.4) is 0 Å². The van der Waals surface area contributed by atoms with E-state index in [-0.39, 0.29) is 28.9 Å². The zero-order valence-corrected chi connectivity index (χ0v) is 12.3. The molecule has 2 rings (SSSR count). The van der Waals surface area contributed by atoms with Gasteiger partial charge < -0.3 is 19.5 Å². The Morgan fingerprint density at radius 3 is 2.80 bits per heavy atom. The molecule has 0 radical (unpaired) electrons. The second-order valence-electron chi connectivity index (χ2n) is 5.73. The molecule has 0 unspecified atom stereocenters. The maximum Gasteiger partial charge on any atom is 0.257 e. The number of methoxy groups -OCH3 is 1. The summed E-state index contributed by atoms with van der Waals surface area (Å²) in [4.78, 5) is 14.3. The molecule has 5 heteroatoms. The molecule has 1 aliphatic rings. The Balaban J connectivity index is 2.27. The largest absolute Gasteiger partial charge is 0.504 e. The number of hydrogen-bond donors (Lipinski definition) is 1. The fourth-order valence-corrected chi connectivity index (χ4v) is 2.64. The summed E-state index contributed by atoms with van der Waals surface area (Å²) in [6.07, 6.45) is -0.0320. The SMILES string of the molecule is COc1cccc(C(=O)N2C[C@@H](C)OC(C)(C)C2)c1O. The molecule has 1 aromatic carbocycles. The summed E-state index contributed by atoms with van der Waals surface area (Å²) in [6, 6.07) is 4.92. The first kappa shape index (κ1) is 14.7. The number of nitrogens with zero attached hydrogens (tertiary/aromatic N) is 1. The van der Waals surface area contributed by atoms with Crippen LogP contribution < -0.4 is 4.74 Å². The molecule has 0 aromatic heterocycles. The monoisotopic (exact) mass is 279 g/mol. The Hall–Kier alpha value is -1.75. The van der Waals surface area contributed by atoms with Crippen molar-refractivity contribution in [1.29, 1.82) is 0 Å². The van der Waals surface area contributed by atoms with Gasteiger partial charge in [-0.25, -0.2) is 0 Å². The maximum atomic E-state index is 12.6. The number of carbonyl (C=O) groups excluding carboxylic acids is 1. The molecule has 1 aromatic rings. The number of rotatable bonds is 2. The molecule has 1 N–H and O–H groups in total. The number of aromatic hydroxyl groups is 1. The first-order chi connectivity index (χ1) is 9.34. The normalized spacial score (nSPS) is 21.6. The van der Waals surface area contributed by atoms with Crippen molar-refractivity contribution < 1.29 is 19.4 Å². The molecule has 0 aliphatic carbocycles. The summed E-state index contributed by atoms with van der Waals surface area (Å²) in [5.74, 6) is -0.0157. The Morgan fingerprint density at radius 1 is 1.50 bits per heavy atom. The summed E-state index contributed by atoms with van der Waals surface area (Å²) in [7, 11) is 1.46. The quantitative estimate of drug-likeness (QED) is 0.900. The predicted molar refractivity (Wildman–Crippen MR) is 75.2 cm³/mol. The Labute approximate surface area is 119 Å². The van der Waals surface area contributed by atoms with Gasteiger partial charge in [0, 0.05) is 13.1 Å². The Morgan fingerprint density at radius 2 is 2.20 bits per heavy atom. The van der Waals surface area contributed by atoms with Crippen LogP contribution in [-0.2, 0) is 4.74 Å². The molecule has 1 saturated heterocycles. The van der Waals surface area contributed by atoms with Crippen LogP contribution in [0.1, 0.15) is 31.1 Å². The van der Waals surface area contributed by atoms with E-state index in [0.717, 1.165) is 0 Å². The van der Waals surface area contributed by atoms with Crippen molar-refractivity contribution in [3.8, 4) is 11.5 Å². The third kappa shape index (κ3) is 2.88. The molecule has 1 heterocycles. The lowest BCUT2D eigenvalue weighted by Gasteiger charge is -2.41. The molecule has 0 saturated carbocycles. The molecule has 1 aliphatic heterocycles. The average Bonchev–Trinajstić information content (AvgIpc) is 2.36. The van der Waals surface area contributed by atoms with Crippen LogP contribution >= 0.6 is 0 Å². The topological polar surface area (TPSA) is 59.0 Å². The number of phenols is 1. The van der Waals surface area contributed by atoms with Gasteiger partial charge in [0.2, 0.25) is 0 Å². The van der Waals surface area contributed by atoms with E-state index in [1.54, 1.807) is 23.1 Å². The predicted octanol–water partition coefficient (Wildman–Crippen LogP) is 2.04. The van der Waals surface area contributed by atoms with Crippen molar-refractivity contribution in [2.45, 2.75) is 32.5 Å². The summed E-state index contributed by atoms with van der Waals surface area (Å²) >= 11 is 0. The van der Waals surface area contributed by atoms with Crippen LogP contribution in [0.5, 0.6) is 11.5 Å². The van der Waals surface area contributed by atoms with Gasteiger partial charge in [-0.15, -0.1) is 0 Å². The molecule has 1 atom stereocenters. The average molecular weight is 279 g/mol. The van der Waals surface area contributed by atoms with Crippen LogP contribution in [0.4, 0.5) is 0 Å². The third-order valence-electron chi connectivity index (χ3n) is 3.31. The first-order valence-corrected chi connectivity index (χ1v) is 6.67. The summed E-state index contributed by atoms with van der Waals surface area (Å²) in [5, 5.41) is 10.1. The van der Waals surface area contributed by atoms with Crippen LogP contribution in [0.25, 0.3) is 0 Å². The van der Waals surface area contributed by atoms with Gasteiger partial charge in [-0.2, -0.15) is 0 Å². The van der Waals surface area contributed by atoms with Crippen molar-refractivity contribution in [2.24, 2.45) is 0 Å². The van der Waals surface area contributed by atoms with Gasteiger partial charge in [-0.05, 0) is 32.9 Å². The standard InChI is InChI=1S/C15H21NO4/c1-10-8-16(9-15(2,3)20-10)14(18)11-6-5-7-12(19-4)13(11)17/h5-7,10,17H,8-9H2,1-4H3/t10-/m1/s1. The maximum absolute atomic E-state index is 12.6. The van der Waals surface area contributed by atoms with Gasteiger partial charge in [-0.3, -0.25) is 4.79 Å². The van der Waals surface area contributed by atoms with Crippen molar-refractivity contribution in [1.82, 2.24) is 4.90 Å². The highest BCUT2D eigenvalue weighted by atomic mass is 16.5. The third-order valence-corrected chi connectivity index (χ3v) is 3.31. The van der Waals surface area contributed by atoms with Gasteiger partial charge in [0.1, 0.15) is 0 Å². The molecule has 0 bridgehead atoms. The Kier molecular flexibility index (Phi) is 3.90. The minimum Gasteiger partial charge on any atom is -0.504 e. The van der Waals surface area contributed by atoms with Crippen molar-refractivity contribution >= 4 is 5.91 Å². The number of para-hydroxylation sites is 1. The van der Waals surface area contributed by atoms with E-state index in [2.05, 4.69) is 0 Å². The Bertz CT molecular complexity index is 513. The van der Waals surface area contributed by atoms with E-state index in [9.17, 15) is 9.90 Å². The van der Waals surface area contributed by atoms with E-state index in [4.69, 9.17) is 9.47 Å². The van der Waals surface area contributed by atoms with Crippen LogP contribution in [0, 0.1) is 0 Å². The summed E-state index contributed by atoms with van der Waals surface area (Å²) < 4.78 is 10.8. The number of benzene rings is 1. The summed E-state index contributed by atoms with van der Waals surface area (Å²) in [6.45, 7) is 6.85. The highest BCUT2D eigenvalue weighted by molar-refractivity contribution is 5.97. The van der Waals surface area contributed by atoms with Gasteiger partial charge in [0.05, 0.1) is 24.4 Å². The molecule has 1 fully saturated rings. The van der Waals surface area contributed by atoms with Gasteiger partial charge >= 0.3 is 0 Å². The minimum atomic E-state index is -0.387. The lowest BCUT2D eigenvalue weighted by atomic mass is 10.0. The second kappa shape index (κ2) is 5.32. The number of ether oxygens (including phenoxy) is 2. The number of amides is 1. The van der Waals surface area contributed by atoms with E-state index in [1.807, 2.05) is 20.8 Å². The smallest absolute Gasteiger partial charge is 0.257 e. The van der Waals surface area contributed by atoms with E-state index in [0.29, 0.717) is 18.8 Å². The number of morpholine rings is 1. The van der Waals surface area contributed by atoms with Crippen molar-refractivity contribution in [3.63, 3.8) is 0 Å². The molecular formula is C15H21NO4. The molecule has 110 valence electrons. The highest BCUT2D eigenvalue weighted by Crippen LogP contribution is 2.31.